The predicted octanol–water partition coefficient (Wildman–Crippen LogP) is 3.10. The number of allylic oxidation sites excluding steroid dienone is 1. The second-order valence-corrected chi connectivity index (χ2v) is 3.86. The molecule has 0 aliphatic carbocycles. The lowest BCUT2D eigenvalue weighted by molar-refractivity contribution is 0.276. The first-order chi connectivity index (χ1) is 7.33. The Balaban J connectivity index is 2.52. The van der Waals surface area contributed by atoms with Crippen LogP contribution in [0.5, 0.6) is 0 Å². The third-order valence-electron chi connectivity index (χ3n) is 2.71. The van der Waals surface area contributed by atoms with E-state index in [4.69, 9.17) is 4.74 Å². The van der Waals surface area contributed by atoms with Gasteiger partial charge in [0.2, 0.25) is 0 Å². The van der Waals surface area contributed by atoms with Gasteiger partial charge in [-0.05, 0) is 43.9 Å². The molecule has 2 rings (SSSR count). The highest BCUT2D eigenvalue weighted by molar-refractivity contribution is 5.65. The van der Waals surface area contributed by atoms with Gasteiger partial charge >= 0.3 is 0 Å². The standard InChI is InChI=1S/C13H17NO/c1-3-5-12-13-10(2)14-8-7-11(13)6-4-9-15-12/h5,7-8H,3-4,6,9H2,1-2H3/b12-5+. The minimum Gasteiger partial charge on any atom is -0.493 e. The maximum Gasteiger partial charge on any atom is 0.124 e. The van der Waals surface area contributed by atoms with Crippen molar-refractivity contribution in [2.24, 2.45) is 0 Å². The monoisotopic (exact) mass is 203 g/mol. The van der Waals surface area contributed by atoms with Crippen LogP contribution in [0.15, 0.2) is 18.3 Å². The van der Waals surface area contributed by atoms with Crippen LogP contribution in [0.3, 0.4) is 0 Å². The molecule has 0 saturated carbocycles. The molecule has 2 heterocycles. The van der Waals surface area contributed by atoms with Crippen molar-refractivity contribution in [1.82, 2.24) is 4.98 Å². The van der Waals surface area contributed by atoms with Crippen molar-refractivity contribution in [2.75, 3.05) is 6.61 Å². The van der Waals surface area contributed by atoms with E-state index >= 15 is 0 Å². The van der Waals surface area contributed by atoms with E-state index in [1.165, 1.54) is 11.1 Å². The Labute approximate surface area is 91.0 Å². The Morgan fingerprint density at radius 3 is 3.20 bits per heavy atom. The molecule has 0 amide bonds. The molecular weight excluding hydrogens is 186 g/mol. The zero-order valence-corrected chi connectivity index (χ0v) is 9.42. The smallest absolute Gasteiger partial charge is 0.124 e. The SMILES string of the molecule is CC/C=C1/OCCCc2ccnc(C)c21. The van der Waals surface area contributed by atoms with E-state index in [9.17, 15) is 0 Å². The van der Waals surface area contributed by atoms with Crippen molar-refractivity contribution in [1.29, 1.82) is 0 Å². The normalized spacial score (nSPS) is 18.1. The second-order valence-electron chi connectivity index (χ2n) is 3.86. The molecule has 1 aromatic heterocycles. The number of aromatic nitrogens is 1. The Morgan fingerprint density at radius 1 is 1.53 bits per heavy atom. The molecule has 0 radical (unpaired) electrons. The quantitative estimate of drug-likeness (QED) is 0.699. The molecule has 0 fully saturated rings. The summed E-state index contributed by atoms with van der Waals surface area (Å²) in [6.45, 7) is 5.00. The van der Waals surface area contributed by atoms with E-state index in [0.29, 0.717) is 0 Å². The lowest BCUT2D eigenvalue weighted by Gasteiger charge is -2.11. The summed E-state index contributed by atoms with van der Waals surface area (Å²) in [7, 11) is 0. The van der Waals surface area contributed by atoms with Crippen molar-refractivity contribution in [2.45, 2.75) is 33.1 Å². The summed E-state index contributed by atoms with van der Waals surface area (Å²) in [4.78, 5) is 4.35. The highest BCUT2D eigenvalue weighted by Gasteiger charge is 2.15. The van der Waals surface area contributed by atoms with Crippen LogP contribution in [0.2, 0.25) is 0 Å². The van der Waals surface area contributed by atoms with E-state index in [0.717, 1.165) is 37.3 Å². The Bertz CT molecular complexity index is 382. The Morgan fingerprint density at radius 2 is 2.40 bits per heavy atom. The summed E-state index contributed by atoms with van der Waals surface area (Å²) in [5, 5.41) is 0. The number of aryl methyl sites for hydroxylation is 2. The van der Waals surface area contributed by atoms with Gasteiger partial charge in [-0.25, -0.2) is 0 Å². The molecule has 1 aliphatic heterocycles. The van der Waals surface area contributed by atoms with Gasteiger partial charge in [0.1, 0.15) is 5.76 Å². The zero-order valence-electron chi connectivity index (χ0n) is 9.42. The lowest BCUT2D eigenvalue weighted by atomic mass is 10.0. The molecule has 15 heavy (non-hydrogen) atoms. The molecule has 0 saturated heterocycles. The van der Waals surface area contributed by atoms with Gasteiger partial charge in [-0.15, -0.1) is 0 Å². The van der Waals surface area contributed by atoms with Crippen LogP contribution in [-0.2, 0) is 11.2 Å². The highest BCUT2D eigenvalue weighted by atomic mass is 16.5. The van der Waals surface area contributed by atoms with E-state index in [1.807, 2.05) is 6.20 Å². The first kappa shape index (κ1) is 10.2. The predicted molar refractivity (Wildman–Crippen MR) is 61.5 cm³/mol. The minimum absolute atomic E-state index is 0.819. The van der Waals surface area contributed by atoms with Crippen LogP contribution in [0.25, 0.3) is 5.76 Å². The summed E-state index contributed by atoms with van der Waals surface area (Å²) >= 11 is 0. The average Bonchev–Trinajstić information content (AvgIpc) is 2.42. The van der Waals surface area contributed by atoms with Gasteiger partial charge in [-0.1, -0.05) is 6.92 Å². The third kappa shape index (κ3) is 2.04. The largest absolute Gasteiger partial charge is 0.493 e. The maximum absolute atomic E-state index is 5.77. The molecule has 1 aliphatic rings. The summed E-state index contributed by atoms with van der Waals surface area (Å²) in [5.41, 5.74) is 3.67. The topological polar surface area (TPSA) is 22.1 Å². The molecule has 0 unspecified atom stereocenters. The van der Waals surface area contributed by atoms with Gasteiger partial charge < -0.3 is 4.74 Å². The fraction of sp³-hybridized carbons (Fsp3) is 0.462. The average molecular weight is 203 g/mol. The molecule has 0 spiro atoms. The molecule has 2 nitrogen and oxygen atoms in total. The Kier molecular flexibility index (Phi) is 3.05. The summed E-state index contributed by atoms with van der Waals surface area (Å²) in [6.07, 6.45) is 7.24. The lowest BCUT2D eigenvalue weighted by Crippen LogP contribution is -1.97. The molecule has 1 aromatic rings. The first-order valence-corrected chi connectivity index (χ1v) is 5.60. The van der Waals surface area contributed by atoms with Gasteiger partial charge in [0.15, 0.2) is 0 Å². The van der Waals surface area contributed by atoms with Crippen molar-refractivity contribution in [3.63, 3.8) is 0 Å². The van der Waals surface area contributed by atoms with Crippen LogP contribution >= 0.6 is 0 Å². The van der Waals surface area contributed by atoms with Gasteiger partial charge in [0.25, 0.3) is 0 Å². The zero-order chi connectivity index (χ0) is 10.7. The van der Waals surface area contributed by atoms with Crippen LogP contribution < -0.4 is 0 Å². The van der Waals surface area contributed by atoms with E-state index in [-0.39, 0.29) is 0 Å². The van der Waals surface area contributed by atoms with Crippen molar-refractivity contribution in [3.8, 4) is 0 Å². The summed E-state index contributed by atoms with van der Waals surface area (Å²) in [6, 6.07) is 2.11. The molecule has 2 heteroatoms. The van der Waals surface area contributed by atoms with Crippen LogP contribution in [0, 0.1) is 6.92 Å². The third-order valence-corrected chi connectivity index (χ3v) is 2.71. The first-order valence-electron chi connectivity index (χ1n) is 5.60. The number of hydrogen-bond donors (Lipinski definition) is 0. The maximum atomic E-state index is 5.77. The molecular formula is C13H17NO. The van der Waals surface area contributed by atoms with Crippen LogP contribution in [0.1, 0.15) is 36.6 Å². The number of nitrogens with zero attached hydrogens (tertiary/aromatic N) is 1. The highest BCUT2D eigenvalue weighted by Crippen LogP contribution is 2.27. The molecule has 0 N–H and O–H groups in total. The van der Waals surface area contributed by atoms with E-state index in [1.54, 1.807) is 0 Å². The molecule has 0 bridgehead atoms. The van der Waals surface area contributed by atoms with Crippen molar-refractivity contribution in [3.05, 3.63) is 35.2 Å². The van der Waals surface area contributed by atoms with Gasteiger partial charge in [-0.2, -0.15) is 0 Å². The minimum atomic E-state index is 0.819. The fourth-order valence-corrected chi connectivity index (χ4v) is 2.03. The van der Waals surface area contributed by atoms with Gasteiger partial charge in [-0.3, -0.25) is 4.98 Å². The molecule has 80 valence electrons. The van der Waals surface area contributed by atoms with Crippen LogP contribution in [-0.4, -0.2) is 11.6 Å². The van der Waals surface area contributed by atoms with E-state index in [2.05, 4.69) is 31.0 Å². The number of ether oxygens (including phenoxy) is 1. The van der Waals surface area contributed by atoms with Gasteiger partial charge in [0.05, 0.1) is 6.61 Å². The number of rotatable bonds is 1. The van der Waals surface area contributed by atoms with E-state index < -0.39 is 0 Å². The van der Waals surface area contributed by atoms with Crippen molar-refractivity contribution >= 4 is 5.76 Å². The van der Waals surface area contributed by atoms with Gasteiger partial charge in [0, 0.05) is 17.5 Å². The number of pyridine rings is 1. The summed E-state index contributed by atoms with van der Waals surface area (Å²) < 4.78 is 5.77. The Hall–Kier alpha value is -1.31. The second kappa shape index (κ2) is 4.47. The summed E-state index contributed by atoms with van der Waals surface area (Å²) in [5.74, 6) is 1.02. The number of hydrogen-bond acceptors (Lipinski definition) is 2. The molecule has 0 aromatic carbocycles. The van der Waals surface area contributed by atoms with Crippen LogP contribution in [0.4, 0.5) is 0 Å². The number of fused-ring (bicyclic) bond motifs is 1. The molecule has 0 atom stereocenters. The fourth-order valence-electron chi connectivity index (χ4n) is 2.03. The van der Waals surface area contributed by atoms with Crippen molar-refractivity contribution < 1.29 is 4.74 Å².